The average molecular weight is 341 g/mol. The molecule has 0 saturated carbocycles. The van der Waals surface area contributed by atoms with Crippen LogP contribution in [0.5, 0.6) is 0 Å². The van der Waals surface area contributed by atoms with Crippen LogP contribution >= 0.6 is 0 Å². The van der Waals surface area contributed by atoms with E-state index in [2.05, 4.69) is 61.2 Å². The fraction of sp³-hybridized carbons (Fsp3) is 0.300. The molecule has 21 heavy (non-hydrogen) atoms. The van der Waals surface area contributed by atoms with Crippen molar-refractivity contribution in [3.05, 3.63) is 77.9 Å². The summed E-state index contributed by atoms with van der Waals surface area (Å²) in [5.74, 6) is 0. The van der Waals surface area contributed by atoms with Gasteiger partial charge in [-0.15, -0.1) is 0 Å². The second-order valence-electron chi connectivity index (χ2n) is 5.79. The van der Waals surface area contributed by atoms with Gasteiger partial charge in [0.25, 0.3) is 0 Å². The molecule has 0 nitrogen and oxygen atoms in total. The predicted molar refractivity (Wildman–Crippen MR) is 92.8 cm³/mol. The molecule has 0 spiro atoms. The van der Waals surface area contributed by atoms with E-state index < -0.39 is 0 Å². The SMILES string of the molecule is C=Cc1ccc(CC2(c3ccccc3)CCCC[Se]2)cc1. The molecule has 1 aliphatic heterocycles. The van der Waals surface area contributed by atoms with Crippen molar-refractivity contribution in [1.29, 1.82) is 0 Å². The fourth-order valence-corrected chi connectivity index (χ4v) is 6.52. The molecule has 0 radical (unpaired) electrons. The van der Waals surface area contributed by atoms with E-state index in [4.69, 9.17) is 0 Å². The van der Waals surface area contributed by atoms with Crippen molar-refractivity contribution in [3.63, 3.8) is 0 Å². The molecule has 0 bridgehead atoms. The van der Waals surface area contributed by atoms with Gasteiger partial charge in [0.15, 0.2) is 0 Å². The van der Waals surface area contributed by atoms with Gasteiger partial charge in [-0.1, -0.05) is 0 Å². The molecule has 1 saturated heterocycles. The first-order valence-electron chi connectivity index (χ1n) is 7.73. The van der Waals surface area contributed by atoms with Crippen molar-refractivity contribution in [2.45, 2.75) is 35.3 Å². The third kappa shape index (κ3) is 3.31. The zero-order valence-electron chi connectivity index (χ0n) is 12.4. The van der Waals surface area contributed by atoms with E-state index in [1.807, 2.05) is 6.08 Å². The van der Waals surface area contributed by atoms with Gasteiger partial charge < -0.3 is 0 Å². The summed E-state index contributed by atoms with van der Waals surface area (Å²) in [6.07, 6.45) is 7.25. The molecule has 1 atom stereocenters. The standard InChI is InChI=1S/C20H22Se/c1-2-17-10-12-18(13-11-17)16-20(14-6-7-15-21-20)19-8-4-3-5-9-19/h2-5,8-13H,1,6-7,14-16H2. The summed E-state index contributed by atoms with van der Waals surface area (Å²) in [6, 6.07) is 20.2. The maximum absolute atomic E-state index is 3.84. The van der Waals surface area contributed by atoms with Crippen molar-refractivity contribution in [3.8, 4) is 0 Å². The third-order valence-corrected chi connectivity index (χ3v) is 7.78. The average Bonchev–Trinajstić information content (AvgIpc) is 2.57. The second-order valence-corrected chi connectivity index (χ2v) is 8.89. The zero-order valence-corrected chi connectivity index (χ0v) is 14.1. The molecule has 1 heteroatoms. The molecule has 3 rings (SSSR count). The molecule has 2 aromatic rings. The van der Waals surface area contributed by atoms with E-state index in [1.165, 1.54) is 42.1 Å². The molecule has 0 aliphatic carbocycles. The summed E-state index contributed by atoms with van der Waals surface area (Å²) in [5.41, 5.74) is 4.23. The first-order valence-corrected chi connectivity index (χ1v) is 9.80. The summed E-state index contributed by atoms with van der Waals surface area (Å²) in [7, 11) is 0. The van der Waals surface area contributed by atoms with E-state index >= 15 is 0 Å². The van der Waals surface area contributed by atoms with Crippen LogP contribution in [0.15, 0.2) is 61.2 Å². The Morgan fingerprint density at radius 2 is 1.76 bits per heavy atom. The summed E-state index contributed by atoms with van der Waals surface area (Å²) >= 11 is 0.698. The van der Waals surface area contributed by atoms with Crippen LogP contribution in [0.25, 0.3) is 6.08 Å². The first kappa shape index (κ1) is 14.6. The summed E-state index contributed by atoms with van der Waals surface area (Å²) in [4.78, 5) is 0. The van der Waals surface area contributed by atoms with Crippen molar-refractivity contribution in [2.75, 3.05) is 0 Å². The van der Waals surface area contributed by atoms with Crippen molar-refractivity contribution in [2.24, 2.45) is 0 Å². The van der Waals surface area contributed by atoms with Crippen LogP contribution in [-0.2, 0) is 10.7 Å². The second kappa shape index (κ2) is 6.64. The van der Waals surface area contributed by atoms with Gasteiger partial charge in [0.2, 0.25) is 0 Å². The number of rotatable bonds is 4. The molecular formula is C20H22Se. The Balaban J connectivity index is 1.90. The van der Waals surface area contributed by atoms with E-state index in [9.17, 15) is 0 Å². The van der Waals surface area contributed by atoms with Crippen LogP contribution in [0.1, 0.15) is 36.0 Å². The quantitative estimate of drug-likeness (QED) is 0.681. The number of hydrogen-bond donors (Lipinski definition) is 0. The topological polar surface area (TPSA) is 0 Å². The first-order chi connectivity index (χ1) is 10.3. The van der Waals surface area contributed by atoms with Gasteiger partial charge in [-0.3, -0.25) is 0 Å². The van der Waals surface area contributed by atoms with E-state index in [-0.39, 0.29) is 0 Å². The number of hydrogen-bond acceptors (Lipinski definition) is 0. The Bertz CT molecular complexity index is 577. The molecular weight excluding hydrogens is 319 g/mol. The third-order valence-electron chi connectivity index (χ3n) is 4.36. The van der Waals surface area contributed by atoms with Crippen LogP contribution < -0.4 is 0 Å². The zero-order chi connectivity index (χ0) is 14.5. The van der Waals surface area contributed by atoms with Crippen LogP contribution in [0.2, 0.25) is 5.32 Å². The van der Waals surface area contributed by atoms with Gasteiger partial charge in [-0.2, -0.15) is 0 Å². The molecule has 1 aliphatic rings. The summed E-state index contributed by atoms with van der Waals surface area (Å²) < 4.78 is 0.405. The molecule has 2 aromatic carbocycles. The summed E-state index contributed by atoms with van der Waals surface area (Å²) in [6.45, 7) is 3.84. The normalized spacial score (nSPS) is 21.9. The number of benzene rings is 2. The monoisotopic (exact) mass is 342 g/mol. The fourth-order valence-electron chi connectivity index (χ4n) is 3.16. The minimum absolute atomic E-state index is 0.405. The van der Waals surface area contributed by atoms with Gasteiger partial charge in [0.05, 0.1) is 0 Å². The Kier molecular flexibility index (Phi) is 4.63. The van der Waals surface area contributed by atoms with Gasteiger partial charge in [0.1, 0.15) is 0 Å². The van der Waals surface area contributed by atoms with Crippen molar-refractivity contribution in [1.82, 2.24) is 0 Å². The van der Waals surface area contributed by atoms with Gasteiger partial charge in [0, 0.05) is 0 Å². The van der Waals surface area contributed by atoms with E-state index in [0.717, 1.165) is 0 Å². The van der Waals surface area contributed by atoms with E-state index in [0.29, 0.717) is 19.3 Å². The molecule has 0 amide bonds. The Morgan fingerprint density at radius 1 is 1.00 bits per heavy atom. The van der Waals surface area contributed by atoms with Gasteiger partial charge in [-0.05, 0) is 0 Å². The van der Waals surface area contributed by atoms with Crippen LogP contribution in [-0.4, -0.2) is 15.0 Å². The van der Waals surface area contributed by atoms with E-state index in [1.54, 1.807) is 5.56 Å². The predicted octanol–water partition coefficient (Wildman–Crippen LogP) is 5.07. The van der Waals surface area contributed by atoms with Gasteiger partial charge >= 0.3 is 134 Å². The van der Waals surface area contributed by atoms with Crippen molar-refractivity contribution >= 4 is 21.0 Å². The molecule has 0 N–H and O–H groups in total. The van der Waals surface area contributed by atoms with Crippen LogP contribution in [0.3, 0.4) is 0 Å². The minimum atomic E-state index is 0.405. The van der Waals surface area contributed by atoms with Crippen molar-refractivity contribution < 1.29 is 0 Å². The van der Waals surface area contributed by atoms with Crippen LogP contribution in [0.4, 0.5) is 0 Å². The molecule has 108 valence electrons. The van der Waals surface area contributed by atoms with Gasteiger partial charge in [-0.25, -0.2) is 0 Å². The molecule has 1 unspecified atom stereocenters. The Labute approximate surface area is 134 Å². The maximum atomic E-state index is 3.84. The Hall–Kier alpha value is -1.30. The molecule has 0 aromatic heterocycles. The van der Waals surface area contributed by atoms with Crippen LogP contribution in [0, 0.1) is 0 Å². The molecule has 1 heterocycles. The summed E-state index contributed by atoms with van der Waals surface area (Å²) in [5, 5.41) is 1.42. The Morgan fingerprint density at radius 3 is 2.38 bits per heavy atom. The molecule has 1 fully saturated rings.